The molecule has 0 radical (unpaired) electrons. The van der Waals surface area contributed by atoms with E-state index in [0.29, 0.717) is 0 Å². The Morgan fingerprint density at radius 1 is 1.53 bits per heavy atom. The highest BCUT2D eigenvalue weighted by Gasteiger charge is 2.27. The minimum atomic E-state index is -0.380. The summed E-state index contributed by atoms with van der Waals surface area (Å²) < 4.78 is 0. The summed E-state index contributed by atoms with van der Waals surface area (Å²) in [5.74, 6) is 0. The number of rotatable bonds is 1. The lowest BCUT2D eigenvalue weighted by Crippen LogP contribution is -2.23. The van der Waals surface area contributed by atoms with Crippen molar-refractivity contribution in [1.82, 2.24) is 4.98 Å². The number of hydrogen-bond acceptors (Lipinski definition) is 3. The molecule has 0 aliphatic heterocycles. The van der Waals surface area contributed by atoms with E-state index >= 15 is 0 Å². The molecule has 2 rings (SSSR count). The van der Waals surface area contributed by atoms with Crippen molar-refractivity contribution >= 4 is 5.69 Å². The van der Waals surface area contributed by atoms with Crippen molar-refractivity contribution in [3.8, 4) is 0 Å². The van der Waals surface area contributed by atoms with Crippen LogP contribution in [0.4, 0.5) is 5.69 Å². The lowest BCUT2D eigenvalue weighted by molar-refractivity contribution is -0.385. The van der Waals surface area contributed by atoms with E-state index in [1.165, 1.54) is 6.20 Å². The zero-order valence-corrected chi connectivity index (χ0v) is 8.99. The number of nitro groups is 1. The van der Waals surface area contributed by atoms with Crippen molar-refractivity contribution < 1.29 is 4.92 Å². The second-order valence-electron chi connectivity index (χ2n) is 4.90. The quantitative estimate of drug-likeness (QED) is 0.524. The predicted octanol–water partition coefficient (Wildman–Crippen LogP) is 2.50. The van der Waals surface area contributed by atoms with Gasteiger partial charge in [-0.25, -0.2) is 0 Å². The topological polar surface area (TPSA) is 56.0 Å². The van der Waals surface area contributed by atoms with E-state index in [9.17, 15) is 10.1 Å². The first kappa shape index (κ1) is 10.1. The largest absolute Gasteiger partial charge is 0.287 e. The molecule has 4 heteroatoms. The highest BCUT2D eigenvalue weighted by molar-refractivity contribution is 5.36. The van der Waals surface area contributed by atoms with E-state index in [2.05, 4.69) is 18.8 Å². The monoisotopic (exact) mass is 206 g/mol. The first-order chi connectivity index (χ1) is 6.98. The molecule has 1 heterocycles. The third kappa shape index (κ3) is 1.98. The molecule has 0 aromatic carbocycles. The first-order valence-corrected chi connectivity index (χ1v) is 5.10. The van der Waals surface area contributed by atoms with Gasteiger partial charge in [0.25, 0.3) is 5.69 Å². The first-order valence-electron chi connectivity index (χ1n) is 5.10. The lowest BCUT2D eigenvalue weighted by atomic mass is 9.76. The van der Waals surface area contributed by atoms with Crippen LogP contribution in [0.1, 0.15) is 31.5 Å². The van der Waals surface area contributed by atoms with Crippen LogP contribution in [-0.2, 0) is 12.8 Å². The molecule has 1 aromatic rings. The van der Waals surface area contributed by atoms with Crippen molar-refractivity contribution in [2.75, 3.05) is 0 Å². The van der Waals surface area contributed by atoms with E-state index in [1.807, 2.05) is 0 Å². The van der Waals surface area contributed by atoms with Crippen LogP contribution >= 0.6 is 0 Å². The molecular formula is C11H14N2O2. The zero-order valence-electron chi connectivity index (χ0n) is 8.99. The van der Waals surface area contributed by atoms with Gasteiger partial charge in [0.05, 0.1) is 4.92 Å². The minimum Gasteiger partial charge on any atom is -0.258 e. The Morgan fingerprint density at radius 2 is 2.27 bits per heavy atom. The molecule has 1 aromatic heterocycles. The molecule has 0 fully saturated rings. The van der Waals surface area contributed by atoms with Crippen LogP contribution in [0.25, 0.3) is 0 Å². The second-order valence-corrected chi connectivity index (χ2v) is 4.90. The van der Waals surface area contributed by atoms with Gasteiger partial charge >= 0.3 is 0 Å². The zero-order chi connectivity index (χ0) is 11.1. The van der Waals surface area contributed by atoms with Gasteiger partial charge in [0.2, 0.25) is 0 Å². The number of hydrogen-bond donors (Lipinski definition) is 0. The van der Waals surface area contributed by atoms with Crippen LogP contribution in [-0.4, -0.2) is 9.91 Å². The summed E-state index contributed by atoms with van der Waals surface area (Å²) in [7, 11) is 0. The molecule has 80 valence electrons. The van der Waals surface area contributed by atoms with E-state index in [-0.39, 0.29) is 16.0 Å². The second kappa shape index (κ2) is 3.29. The summed E-state index contributed by atoms with van der Waals surface area (Å²) in [6.45, 7) is 4.38. The lowest BCUT2D eigenvalue weighted by Gasteiger charge is -2.30. The molecule has 0 spiro atoms. The molecule has 0 N–H and O–H groups in total. The SMILES string of the molecule is CC1(C)CCc2ncc([N+](=O)[O-])cc2C1. The Labute approximate surface area is 88.5 Å². The Morgan fingerprint density at radius 3 is 2.93 bits per heavy atom. The molecule has 0 saturated carbocycles. The number of pyridine rings is 1. The standard InChI is InChI=1S/C11H14N2O2/c1-11(2)4-3-10-8(6-11)5-9(7-12-10)13(14)15/h5,7H,3-4,6H2,1-2H3. The number of aromatic nitrogens is 1. The predicted molar refractivity (Wildman–Crippen MR) is 56.7 cm³/mol. The van der Waals surface area contributed by atoms with Gasteiger partial charge in [-0.15, -0.1) is 0 Å². The van der Waals surface area contributed by atoms with Gasteiger partial charge in [0.15, 0.2) is 0 Å². The maximum Gasteiger partial charge on any atom is 0.287 e. The van der Waals surface area contributed by atoms with Crippen LogP contribution in [0.2, 0.25) is 0 Å². The van der Waals surface area contributed by atoms with Crippen molar-refractivity contribution in [3.05, 3.63) is 33.6 Å². The summed E-state index contributed by atoms with van der Waals surface area (Å²) in [4.78, 5) is 14.4. The van der Waals surface area contributed by atoms with E-state index in [0.717, 1.165) is 30.5 Å². The third-order valence-corrected chi connectivity index (χ3v) is 2.96. The summed E-state index contributed by atoms with van der Waals surface area (Å²) in [5, 5.41) is 10.6. The van der Waals surface area contributed by atoms with Gasteiger partial charge in [0, 0.05) is 11.8 Å². The van der Waals surface area contributed by atoms with E-state index in [4.69, 9.17) is 0 Å². The summed E-state index contributed by atoms with van der Waals surface area (Å²) in [6, 6.07) is 1.67. The van der Waals surface area contributed by atoms with Gasteiger partial charge < -0.3 is 0 Å². The molecule has 4 nitrogen and oxygen atoms in total. The third-order valence-electron chi connectivity index (χ3n) is 2.96. The summed E-state index contributed by atoms with van der Waals surface area (Å²) >= 11 is 0. The molecule has 1 aliphatic rings. The van der Waals surface area contributed by atoms with Crippen LogP contribution in [0, 0.1) is 15.5 Å². The fourth-order valence-electron chi connectivity index (χ4n) is 2.06. The number of aryl methyl sites for hydroxylation is 1. The van der Waals surface area contributed by atoms with Gasteiger partial charge in [0.1, 0.15) is 6.20 Å². The number of fused-ring (bicyclic) bond motifs is 1. The molecule has 0 bridgehead atoms. The van der Waals surface area contributed by atoms with Crippen molar-refractivity contribution in [1.29, 1.82) is 0 Å². The smallest absolute Gasteiger partial charge is 0.258 e. The van der Waals surface area contributed by atoms with Gasteiger partial charge in [-0.2, -0.15) is 0 Å². The minimum absolute atomic E-state index is 0.103. The molecular weight excluding hydrogens is 192 g/mol. The summed E-state index contributed by atoms with van der Waals surface area (Å²) in [6.07, 6.45) is 4.28. The Balaban J connectivity index is 2.39. The fourth-order valence-corrected chi connectivity index (χ4v) is 2.06. The maximum atomic E-state index is 10.6. The molecule has 0 saturated heterocycles. The molecule has 1 aliphatic carbocycles. The van der Waals surface area contributed by atoms with E-state index in [1.54, 1.807) is 6.07 Å². The average molecular weight is 206 g/mol. The van der Waals surface area contributed by atoms with Gasteiger partial charge in [-0.3, -0.25) is 15.1 Å². The average Bonchev–Trinajstić information content (AvgIpc) is 2.15. The van der Waals surface area contributed by atoms with Gasteiger partial charge in [-0.1, -0.05) is 13.8 Å². The molecule has 0 atom stereocenters. The number of nitrogens with zero attached hydrogens (tertiary/aromatic N) is 2. The fraction of sp³-hybridized carbons (Fsp3) is 0.545. The summed E-state index contributed by atoms with van der Waals surface area (Å²) in [5.41, 5.74) is 2.41. The highest BCUT2D eigenvalue weighted by Crippen LogP contribution is 2.34. The van der Waals surface area contributed by atoms with Crippen molar-refractivity contribution in [2.45, 2.75) is 33.1 Å². The van der Waals surface area contributed by atoms with Crippen LogP contribution < -0.4 is 0 Å². The molecule has 0 unspecified atom stereocenters. The normalized spacial score (nSPS) is 18.3. The van der Waals surface area contributed by atoms with Crippen LogP contribution in [0.15, 0.2) is 12.3 Å². The van der Waals surface area contributed by atoms with Crippen LogP contribution in [0.3, 0.4) is 0 Å². The molecule has 15 heavy (non-hydrogen) atoms. The van der Waals surface area contributed by atoms with Gasteiger partial charge in [-0.05, 0) is 30.2 Å². The van der Waals surface area contributed by atoms with Crippen molar-refractivity contribution in [2.24, 2.45) is 5.41 Å². The Bertz CT molecular complexity index is 413. The van der Waals surface area contributed by atoms with Crippen molar-refractivity contribution in [3.63, 3.8) is 0 Å². The highest BCUT2D eigenvalue weighted by atomic mass is 16.6. The Kier molecular flexibility index (Phi) is 2.21. The maximum absolute atomic E-state index is 10.6. The molecule has 0 amide bonds. The van der Waals surface area contributed by atoms with Crippen LogP contribution in [0.5, 0.6) is 0 Å². The Hall–Kier alpha value is -1.45. The van der Waals surface area contributed by atoms with E-state index < -0.39 is 0 Å².